The van der Waals surface area contributed by atoms with Crippen LogP contribution in [-0.2, 0) is 4.79 Å². The molecular weight excluding hydrogens is 272 g/mol. The van der Waals surface area contributed by atoms with Gasteiger partial charge in [0.05, 0.1) is 6.54 Å². The monoisotopic (exact) mass is 292 g/mol. The summed E-state index contributed by atoms with van der Waals surface area (Å²) >= 11 is 0. The van der Waals surface area contributed by atoms with Gasteiger partial charge >= 0.3 is 0 Å². The highest BCUT2D eigenvalue weighted by atomic mass is 16.2. The van der Waals surface area contributed by atoms with Gasteiger partial charge < -0.3 is 15.6 Å². The molecule has 1 aliphatic rings. The average Bonchev–Trinajstić information content (AvgIpc) is 2.49. The van der Waals surface area contributed by atoms with Crippen molar-refractivity contribution in [2.45, 2.75) is 18.9 Å². The Morgan fingerprint density at radius 3 is 2.71 bits per heavy atom. The van der Waals surface area contributed by atoms with Crippen molar-refractivity contribution in [1.82, 2.24) is 20.5 Å². The molecule has 114 valence electrons. The number of amides is 2. The molecule has 0 aliphatic carbocycles. The first-order valence-electron chi connectivity index (χ1n) is 7.01. The zero-order chi connectivity index (χ0) is 15.2. The zero-order valence-corrected chi connectivity index (χ0v) is 12.0. The summed E-state index contributed by atoms with van der Waals surface area (Å²) in [5.74, 6) is -0.230. The SMILES string of the molecule is CNC(=O)CN1CCC(NC(=O)c2cc[nH]c(=O)c2)CC1. The van der Waals surface area contributed by atoms with Gasteiger partial charge in [-0.05, 0) is 18.9 Å². The molecule has 1 aromatic heterocycles. The van der Waals surface area contributed by atoms with E-state index in [1.807, 2.05) is 0 Å². The molecule has 0 aromatic carbocycles. The van der Waals surface area contributed by atoms with E-state index in [1.165, 1.54) is 12.3 Å². The van der Waals surface area contributed by atoms with E-state index >= 15 is 0 Å². The second kappa shape index (κ2) is 7.03. The van der Waals surface area contributed by atoms with Crippen LogP contribution in [0.4, 0.5) is 0 Å². The van der Waals surface area contributed by atoms with E-state index < -0.39 is 0 Å². The third-order valence-electron chi connectivity index (χ3n) is 3.61. The molecule has 0 saturated carbocycles. The lowest BCUT2D eigenvalue weighted by Crippen LogP contribution is -2.47. The number of nitrogens with zero attached hydrogens (tertiary/aromatic N) is 1. The van der Waals surface area contributed by atoms with E-state index in [-0.39, 0.29) is 23.4 Å². The smallest absolute Gasteiger partial charge is 0.251 e. The van der Waals surface area contributed by atoms with Crippen LogP contribution < -0.4 is 16.2 Å². The van der Waals surface area contributed by atoms with Gasteiger partial charge in [0.15, 0.2) is 0 Å². The van der Waals surface area contributed by atoms with E-state index in [9.17, 15) is 14.4 Å². The number of carbonyl (C=O) groups excluding carboxylic acids is 2. The van der Waals surface area contributed by atoms with Crippen molar-refractivity contribution < 1.29 is 9.59 Å². The Morgan fingerprint density at radius 2 is 2.10 bits per heavy atom. The maximum atomic E-state index is 12.0. The van der Waals surface area contributed by atoms with Crippen LogP contribution >= 0.6 is 0 Å². The van der Waals surface area contributed by atoms with Crippen LogP contribution in [0.2, 0.25) is 0 Å². The maximum Gasteiger partial charge on any atom is 0.251 e. The molecule has 3 N–H and O–H groups in total. The predicted molar refractivity (Wildman–Crippen MR) is 78.1 cm³/mol. The van der Waals surface area contributed by atoms with Crippen LogP contribution in [0.15, 0.2) is 23.1 Å². The number of nitrogens with one attached hydrogen (secondary N) is 3. The summed E-state index contributed by atoms with van der Waals surface area (Å²) in [6, 6.07) is 2.95. The lowest BCUT2D eigenvalue weighted by molar-refractivity contribution is -0.122. The van der Waals surface area contributed by atoms with Crippen LogP contribution in [0.5, 0.6) is 0 Å². The highest BCUT2D eigenvalue weighted by Gasteiger charge is 2.22. The van der Waals surface area contributed by atoms with Crippen molar-refractivity contribution in [3.63, 3.8) is 0 Å². The molecule has 7 nitrogen and oxygen atoms in total. The molecule has 1 aliphatic heterocycles. The van der Waals surface area contributed by atoms with Crippen molar-refractivity contribution in [2.75, 3.05) is 26.7 Å². The number of hydrogen-bond donors (Lipinski definition) is 3. The predicted octanol–water partition coefficient (Wildman–Crippen LogP) is -0.685. The number of aromatic amines is 1. The second-order valence-corrected chi connectivity index (χ2v) is 5.14. The number of carbonyl (C=O) groups is 2. The molecule has 0 radical (unpaired) electrons. The number of likely N-dealkylation sites (N-methyl/N-ethyl adjacent to an activating group) is 1. The number of H-pyrrole nitrogens is 1. The average molecular weight is 292 g/mol. The van der Waals surface area contributed by atoms with Gasteiger partial charge in [0, 0.05) is 44.0 Å². The molecule has 1 aromatic rings. The van der Waals surface area contributed by atoms with Gasteiger partial charge in [-0.25, -0.2) is 0 Å². The summed E-state index contributed by atoms with van der Waals surface area (Å²) in [4.78, 5) is 39.1. The number of likely N-dealkylation sites (tertiary alicyclic amines) is 1. The topological polar surface area (TPSA) is 94.3 Å². The molecule has 0 atom stereocenters. The molecule has 1 fully saturated rings. The Kier molecular flexibility index (Phi) is 5.10. The summed E-state index contributed by atoms with van der Waals surface area (Å²) in [6.07, 6.45) is 3.06. The summed E-state index contributed by atoms with van der Waals surface area (Å²) in [7, 11) is 1.62. The summed E-state index contributed by atoms with van der Waals surface area (Å²) < 4.78 is 0. The lowest BCUT2D eigenvalue weighted by Gasteiger charge is -2.31. The van der Waals surface area contributed by atoms with E-state index in [1.54, 1.807) is 13.1 Å². The standard InChI is InChI=1S/C14H20N4O3/c1-15-13(20)9-18-6-3-11(4-7-18)17-14(21)10-2-5-16-12(19)8-10/h2,5,8,11H,3-4,6-7,9H2,1H3,(H,15,20)(H,16,19)(H,17,21). The number of hydrogen-bond acceptors (Lipinski definition) is 4. The van der Waals surface area contributed by atoms with Gasteiger partial charge in [-0.1, -0.05) is 0 Å². The number of piperidine rings is 1. The van der Waals surface area contributed by atoms with Crippen molar-refractivity contribution in [3.8, 4) is 0 Å². The Hall–Kier alpha value is -2.15. The molecule has 2 heterocycles. The quantitative estimate of drug-likeness (QED) is 0.685. The van der Waals surface area contributed by atoms with Gasteiger partial charge in [-0.2, -0.15) is 0 Å². The number of aromatic nitrogens is 1. The third-order valence-corrected chi connectivity index (χ3v) is 3.61. The van der Waals surface area contributed by atoms with Gasteiger partial charge in [0.1, 0.15) is 0 Å². The summed E-state index contributed by atoms with van der Waals surface area (Å²) in [5, 5.41) is 5.53. The molecule has 2 rings (SSSR count). The fourth-order valence-electron chi connectivity index (χ4n) is 2.37. The first-order valence-corrected chi connectivity index (χ1v) is 7.01. The van der Waals surface area contributed by atoms with Crippen LogP contribution in [0, 0.1) is 0 Å². The van der Waals surface area contributed by atoms with Crippen molar-refractivity contribution in [2.24, 2.45) is 0 Å². The normalized spacial score (nSPS) is 16.4. The summed E-state index contributed by atoms with van der Waals surface area (Å²) in [5.41, 5.74) is 0.0783. The third kappa shape index (κ3) is 4.42. The van der Waals surface area contributed by atoms with Crippen LogP contribution in [0.3, 0.4) is 0 Å². The zero-order valence-electron chi connectivity index (χ0n) is 12.0. The van der Waals surface area contributed by atoms with E-state index in [0.29, 0.717) is 12.1 Å². The Labute approximate surface area is 122 Å². The van der Waals surface area contributed by atoms with Gasteiger partial charge in [-0.15, -0.1) is 0 Å². The maximum absolute atomic E-state index is 12.0. The van der Waals surface area contributed by atoms with Crippen LogP contribution in [0.25, 0.3) is 0 Å². The molecule has 21 heavy (non-hydrogen) atoms. The Balaban J connectivity index is 1.82. The highest BCUT2D eigenvalue weighted by Crippen LogP contribution is 2.10. The molecule has 1 saturated heterocycles. The minimum atomic E-state index is -0.289. The largest absolute Gasteiger partial charge is 0.358 e. The number of pyridine rings is 1. The minimum Gasteiger partial charge on any atom is -0.358 e. The fraction of sp³-hybridized carbons (Fsp3) is 0.500. The molecular formula is C14H20N4O3. The number of rotatable bonds is 4. The fourth-order valence-corrected chi connectivity index (χ4v) is 2.37. The highest BCUT2D eigenvalue weighted by molar-refractivity contribution is 5.94. The van der Waals surface area contributed by atoms with Crippen LogP contribution in [-0.4, -0.2) is 54.4 Å². The molecule has 0 spiro atoms. The van der Waals surface area contributed by atoms with Crippen molar-refractivity contribution in [3.05, 3.63) is 34.2 Å². The van der Waals surface area contributed by atoms with E-state index in [4.69, 9.17) is 0 Å². The molecule has 0 bridgehead atoms. The Morgan fingerprint density at radius 1 is 1.38 bits per heavy atom. The Bertz CT molecular complexity index is 561. The van der Waals surface area contributed by atoms with Gasteiger partial charge in [-0.3, -0.25) is 19.3 Å². The van der Waals surface area contributed by atoms with Crippen LogP contribution in [0.1, 0.15) is 23.2 Å². The van der Waals surface area contributed by atoms with Gasteiger partial charge in [0.2, 0.25) is 11.5 Å². The first-order chi connectivity index (χ1) is 10.1. The second-order valence-electron chi connectivity index (χ2n) is 5.14. The first kappa shape index (κ1) is 15.2. The minimum absolute atomic E-state index is 0.000923. The van der Waals surface area contributed by atoms with Crippen molar-refractivity contribution >= 4 is 11.8 Å². The molecule has 0 unspecified atom stereocenters. The molecule has 2 amide bonds. The molecule has 7 heteroatoms. The van der Waals surface area contributed by atoms with Gasteiger partial charge in [0.25, 0.3) is 5.91 Å². The lowest BCUT2D eigenvalue weighted by atomic mass is 10.0. The van der Waals surface area contributed by atoms with E-state index in [2.05, 4.69) is 20.5 Å². The van der Waals surface area contributed by atoms with Crippen molar-refractivity contribution in [1.29, 1.82) is 0 Å². The summed E-state index contributed by atoms with van der Waals surface area (Å²) in [6.45, 7) is 1.94. The van der Waals surface area contributed by atoms with E-state index in [0.717, 1.165) is 25.9 Å².